The molecule has 16 heteroatoms. The van der Waals surface area contributed by atoms with Gasteiger partial charge in [0.2, 0.25) is 0 Å². The minimum absolute atomic E-state index is 0.441. The number of benzene rings is 2. The summed E-state index contributed by atoms with van der Waals surface area (Å²) in [6.45, 7) is 15.8. The number of hydrogen-bond donors (Lipinski definition) is 0. The number of ether oxygens (including phenoxy) is 16. The first-order valence-corrected chi connectivity index (χ1v) is 19.6. The molecule has 3 heterocycles. The Hall–Kier alpha value is -2.84. The van der Waals surface area contributed by atoms with Crippen molar-refractivity contribution in [2.75, 3.05) is 185 Å². The largest absolute Gasteiger partial charge is 0.487 e. The van der Waals surface area contributed by atoms with E-state index in [0.717, 1.165) is 0 Å². The van der Waals surface area contributed by atoms with Gasteiger partial charge in [0.15, 0.2) is 23.0 Å². The molecule has 0 unspecified atom stereocenters. The quantitative estimate of drug-likeness (QED) is 0.384. The van der Waals surface area contributed by atoms with Crippen LogP contribution in [0.3, 0.4) is 0 Å². The molecule has 3 aliphatic heterocycles. The van der Waals surface area contributed by atoms with Gasteiger partial charge in [0.1, 0.15) is 26.4 Å². The highest BCUT2D eigenvalue weighted by molar-refractivity contribution is 5.40. The van der Waals surface area contributed by atoms with Crippen molar-refractivity contribution in [1.29, 1.82) is 0 Å². The summed E-state index contributed by atoms with van der Waals surface area (Å²) in [4.78, 5) is 0. The third-order valence-corrected chi connectivity index (χ3v) is 7.36. The van der Waals surface area contributed by atoms with E-state index in [9.17, 15) is 0 Å². The zero-order chi connectivity index (χ0) is 39.1. The van der Waals surface area contributed by atoms with Crippen LogP contribution in [0.4, 0.5) is 0 Å². The summed E-state index contributed by atoms with van der Waals surface area (Å²) in [6.07, 6.45) is 0. The summed E-state index contributed by atoms with van der Waals surface area (Å²) in [6, 6.07) is 15.2. The van der Waals surface area contributed by atoms with Crippen molar-refractivity contribution in [2.45, 2.75) is 0 Å². The Bertz CT molecular complexity index is 915. The molecular weight excluding hydrogens is 736 g/mol. The third kappa shape index (κ3) is 26.9. The van der Waals surface area contributed by atoms with Gasteiger partial charge in [0.05, 0.1) is 159 Å². The van der Waals surface area contributed by atoms with E-state index in [-0.39, 0.29) is 0 Å². The highest BCUT2D eigenvalue weighted by Crippen LogP contribution is 2.27. The molecule has 320 valence electrons. The van der Waals surface area contributed by atoms with Crippen molar-refractivity contribution in [2.24, 2.45) is 0 Å². The molecule has 2 saturated heterocycles. The second-order valence-corrected chi connectivity index (χ2v) is 11.6. The number of para-hydroxylation sites is 4. The van der Waals surface area contributed by atoms with Crippen LogP contribution in [0.1, 0.15) is 0 Å². The van der Waals surface area contributed by atoms with Gasteiger partial charge >= 0.3 is 0 Å². The smallest absolute Gasteiger partial charge is 0.161 e. The van der Waals surface area contributed by atoms with Crippen LogP contribution in [0.2, 0.25) is 0 Å². The van der Waals surface area contributed by atoms with E-state index in [1.165, 1.54) is 0 Å². The standard InChI is InChI=1S/C20H24O6.C12H24O6.C8H16O4/c1-2-6-18-17(5-1)23-13-9-21-11-15-25-19-7-3-4-8-20(19)26-16-12-22-10-14-24-18;1-2-14-5-6-16-9-10-18-12-11-17-8-7-15-4-3-13-1;1-2-10-5-6-12-8-7-11-4-3-9-1/h1-8H,9-16H2;1-12H2;1-8H2. The van der Waals surface area contributed by atoms with E-state index in [2.05, 4.69) is 0 Å². The fourth-order valence-corrected chi connectivity index (χ4v) is 4.62. The Kier molecular flexibility index (Phi) is 31.0. The molecule has 0 N–H and O–H groups in total. The zero-order valence-corrected chi connectivity index (χ0v) is 32.9. The van der Waals surface area contributed by atoms with Crippen molar-refractivity contribution in [1.82, 2.24) is 0 Å². The Balaban J connectivity index is 0.000000244. The Labute approximate surface area is 332 Å². The summed E-state index contributed by atoms with van der Waals surface area (Å²) in [5.41, 5.74) is 0. The lowest BCUT2D eigenvalue weighted by atomic mass is 10.3. The molecule has 2 aromatic rings. The van der Waals surface area contributed by atoms with Gasteiger partial charge in [-0.15, -0.1) is 0 Å². The van der Waals surface area contributed by atoms with Crippen LogP contribution >= 0.6 is 0 Å². The van der Waals surface area contributed by atoms with E-state index in [1.807, 2.05) is 48.5 Å². The SMILES string of the molecule is C1COCCOCCOCCO1.C1COCCOCCOCCOCCOCCO1.c1ccc2c(c1)OCCOCCOc1ccccc1OCCOCCO2. The molecule has 0 amide bonds. The second kappa shape index (κ2) is 36.5. The van der Waals surface area contributed by atoms with Gasteiger partial charge in [-0.3, -0.25) is 0 Å². The Morgan fingerprint density at radius 3 is 0.446 bits per heavy atom. The molecule has 0 bridgehead atoms. The lowest BCUT2D eigenvalue weighted by Crippen LogP contribution is -2.16. The van der Waals surface area contributed by atoms with Crippen molar-refractivity contribution in [3.05, 3.63) is 48.5 Å². The van der Waals surface area contributed by atoms with Crippen LogP contribution in [0.5, 0.6) is 23.0 Å². The molecule has 16 nitrogen and oxygen atoms in total. The lowest BCUT2D eigenvalue weighted by molar-refractivity contribution is -0.0334. The molecule has 0 spiro atoms. The monoisotopic (exact) mass is 800 g/mol. The van der Waals surface area contributed by atoms with Crippen molar-refractivity contribution in [3.63, 3.8) is 0 Å². The topological polar surface area (TPSA) is 148 Å². The summed E-state index contributed by atoms with van der Waals surface area (Å²) >= 11 is 0. The van der Waals surface area contributed by atoms with E-state index < -0.39 is 0 Å². The number of fused-ring (bicyclic) bond motifs is 2. The lowest BCUT2D eigenvalue weighted by Gasteiger charge is -2.15. The summed E-state index contributed by atoms with van der Waals surface area (Å²) < 4.78 is 86.9. The van der Waals surface area contributed by atoms with Crippen LogP contribution in [0.15, 0.2) is 48.5 Å². The van der Waals surface area contributed by atoms with Crippen molar-refractivity contribution < 1.29 is 75.8 Å². The fraction of sp³-hybridized carbons (Fsp3) is 0.700. The van der Waals surface area contributed by atoms with Gasteiger partial charge in [-0.25, -0.2) is 0 Å². The predicted molar refractivity (Wildman–Crippen MR) is 205 cm³/mol. The zero-order valence-electron chi connectivity index (χ0n) is 32.9. The molecule has 5 rings (SSSR count). The van der Waals surface area contributed by atoms with Gasteiger partial charge < -0.3 is 75.8 Å². The van der Waals surface area contributed by atoms with E-state index in [1.54, 1.807) is 0 Å². The summed E-state index contributed by atoms with van der Waals surface area (Å²) in [5.74, 6) is 2.80. The molecule has 0 aliphatic carbocycles. The Morgan fingerprint density at radius 2 is 0.304 bits per heavy atom. The minimum atomic E-state index is 0.441. The maximum Gasteiger partial charge on any atom is 0.161 e. The normalized spacial score (nSPS) is 20.7. The first-order chi connectivity index (χ1) is 27.9. The van der Waals surface area contributed by atoms with Gasteiger partial charge in [0, 0.05) is 0 Å². The number of rotatable bonds is 0. The van der Waals surface area contributed by atoms with Crippen LogP contribution in [-0.2, 0) is 56.8 Å². The minimum Gasteiger partial charge on any atom is -0.487 e. The molecule has 0 atom stereocenters. The molecule has 2 aromatic carbocycles. The van der Waals surface area contributed by atoms with Gasteiger partial charge in [-0.1, -0.05) is 24.3 Å². The first kappa shape index (κ1) is 47.5. The maximum absolute atomic E-state index is 5.74. The van der Waals surface area contributed by atoms with Crippen LogP contribution in [0, 0.1) is 0 Å². The molecule has 0 saturated carbocycles. The molecule has 3 aliphatic rings. The molecule has 0 radical (unpaired) electrons. The van der Waals surface area contributed by atoms with Gasteiger partial charge in [0.25, 0.3) is 0 Å². The third-order valence-electron chi connectivity index (χ3n) is 7.36. The molecule has 2 fully saturated rings. The molecular formula is C40H64O16. The average molecular weight is 801 g/mol. The number of hydrogen-bond acceptors (Lipinski definition) is 16. The van der Waals surface area contributed by atoms with E-state index in [0.29, 0.717) is 208 Å². The molecule has 56 heavy (non-hydrogen) atoms. The highest BCUT2D eigenvalue weighted by Gasteiger charge is 2.07. The van der Waals surface area contributed by atoms with E-state index in [4.69, 9.17) is 75.8 Å². The van der Waals surface area contributed by atoms with Crippen molar-refractivity contribution >= 4 is 0 Å². The van der Waals surface area contributed by atoms with Crippen LogP contribution < -0.4 is 18.9 Å². The van der Waals surface area contributed by atoms with Gasteiger partial charge in [-0.2, -0.15) is 0 Å². The Morgan fingerprint density at radius 1 is 0.179 bits per heavy atom. The highest BCUT2D eigenvalue weighted by atomic mass is 16.6. The fourth-order valence-electron chi connectivity index (χ4n) is 4.62. The summed E-state index contributed by atoms with van der Waals surface area (Å²) in [5, 5.41) is 0. The second-order valence-electron chi connectivity index (χ2n) is 11.6. The van der Waals surface area contributed by atoms with Crippen molar-refractivity contribution in [3.8, 4) is 23.0 Å². The first-order valence-electron chi connectivity index (χ1n) is 19.6. The summed E-state index contributed by atoms with van der Waals surface area (Å²) in [7, 11) is 0. The van der Waals surface area contributed by atoms with E-state index >= 15 is 0 Å². The maximum atomic E-state index is 5.74. The predicted octanol–water partition coefficient (Wildman–Crippen LogP) is 3.11. The molecule has 0 aromatic heterocycles. The average Bonchev–Trinajstić information content (AvgIpc) is 3.21. The van der Waals surface area contributed by atoms with Crippen LogP contribution in [0.25, 0.3) is 0 Å². The van der Waals surface area contributed by atoms with Crippen LogP contribution in [-0.4, -0.2) is 185 Å². The van der Waals surface area contributed by atoms with Gasteiger partial charge in [-0.05, 0) is 24.3 Å².